The zero-order chi connectivity index (χ0) is 14.2. The number of ether oxygens (including phenoxy) is 1. The second-order valence-corrected chi connectivity index (χ2v) is 4.08. The number of esters is 1. The number of benzene rings is 1. The van der Waals surface area contributed by atoms with Crippen molar-refractivity contribution in [2.75, 3.05) is 0 Å². The van der Waals surface area contributed by atoms with Gasteiger partial charge in [-0.3, -0.25) is 19.7 Å². The summed E-state index contributed by atoms with van der Waals surface area (Å²) < 4.78 is 18.0. The Kier molecular flexibility index (Phi) is 3.16. The third-order valence-electron chi connectivity index (χ3n) is 2.74. The van der Waals surface area contributed by atoms with Crippen LogP contribution in [0.2, 0.25) is 0 Å². The molecule has 8 heteroatoms. The first-order chi connectivity index (χ1) is 8.90. The zero-order valence-corrected chi connectivity index (χ0v) is 9.41. The molecule has 100 valence electrons. The maximum absolute atomic E-state index is 13.2. The molecule has 0 heterocycles. The molecule has 19 heavy (non-hydrogen) atoms. The van der Waals surface area contributed by atoms with Crippen molar-refractivity contribution in [2.45, 2.75) is 6.42 Å². The second kappa shape index (κ2) is 4.63. The van der Waals surface area contributed by atoms with Crippen molar-refractivity contribution in [1.29, 1.82) is 0 Å². The Balaban J connectivity index is 2.04. The van der Waals surface area contributed by atoms with Crippen LogP contribution < -0.4 is 4.74 Å². The lowest BCUT2D eigenvalue weighted by molar-refractivity contribution is -0.387. The van der Waals surface area contributed by atoms with E-state index >= 15 is 0 Å². The first-order valence-corrected chi connectivity index (χ1v) is 5.28. The highest BCUT2D eigenvalue weighted by atomic mass is 19.1. The van der Waals surface area contributed by atoms with Crippen molar-refractivity contribution in [2.24, 2.45) is 11.8 Å². The molecule has 0 amide bonds. The number of nitro groups is 1. The maximum atomic E-state index is 13.2. The van der Waals surface area contributed by atoms with E-state index in [4.69, 9.17) is 9.84 Å². The van der Waals surface area contributed by atoms with E-state index in [-0.39, 0.29) is 12.2 Å². The fourth-order valence-corrected chi connectivity index (χ4v) is 1.62. The topological polar surface area (TPSA) is 107 Å². The first-order valence-electron chi connectivity index (χ1n) is 5.28. The van der Waals surface area contributed by atoms with Gasteiger partial charge in [-0.15, -0.1) is 0 Å². The molecule has 0 aliphatic heterocycles. The number of nitrogens with zero attached hydrogens (tertiary/aromatic N) is 1. The summed E-state index contributed by atoms with van der Waals surface area (Å²) in [7, 11) is 0. The number of nitro benzene ring substituents is 1. The summed E-state index contributed by atoms with van der Waals surface area (Å²) in [4.78, 5) is 31.5. The largest absolute Gasteiger partial charge is 0.481 e. The summed E-state index contributed by atoms with van der Waals surface area (Å²) in [6.07, 6.45) is 0.184. The molecule has 0 radical (unpaired) electrons. The summed E-state index contributed by atoms with van der Waals surface area (Å²) in [5.41, 5.74) is -0.727. The predicted octanol–water partition coefficient (Wildman–Crippen LogP) is 1.36. The van der Waals surface area contributed by atoms with Crippen LogP contribution in [-0.4, -0.2) is 22.0 Å². The standard InChI is InChI=1S/C11H8FNO6/c12-8-3-5(1-2-9(8)13(17)18)19-11(16)7-4-6(7)10(14)15/h1-3,6-7H,4H2,(H,14,15). The van der Waals surface area contributed by atoms with Gasteiger partial charge in [0.05, 0.1) is 16.8 Å². The lowest BCUT2D eigenvalue weighted by Gasteiger charge is -2.03. The fraction of sp³-hybridized carbons (Fsp3) is 0.273. The normalized spacial score (nSPS) is 20.7. The van der Waals surface area contributed by atoms with E-state index in [1.165, 1.54) is 0 Å². The molecule has 1 aliphatic carbocycles. The molecule has 0 aromatic heterocycles. The molecular formula is C11H8FNO6. The number of carboxylic acid groups (broad SMARTS) is 1. The maximum Gasteiger partial charge on any atom is 0.315 e. The lowest BCUT2D eigenvalue weighted by Crippen LogP contribution is -2.14. The van der Waals surface area contributed by atoms with Crippen LogP contribution in [0.1, 0.15) is 6.42 Å². The van der Waals surface area contributed by atoms with Crippen molar-refractivity contribution in [3.63, 3.8) is 0 Å². The highest BCUT2D eigenvalue weighted by Gasteiger charge is 2.49. The Morgan fingerprint density at radius 3 is 2.58 bits per heavy atom. The van der Waals surface area contributed by atoms with Crippen molar-refractivity contribution < 1.29 is 28.7 Å². The van der Waals surface area contributed by atoms with E-state index in [1.807, 2.05) is 0 Å². The SMILES string of the molecule is O=C(O)C1CC1C(=O)Oc1ccc([N+](=O)[O-])c(F)c1. The minimum absolute atomic E-state index is 0.184. The number of halogens is 1. The summed E-state index contributed by atoms with van der Waals surface area (Å²) in [6, 6.07) is 2.67. The van der Waals surface area contributed by atoms with E-state index < -0.39 is 40.2 Å². The third-order valence-corrected chi connectivity index (χ3v) is 2.74. The van der Waals surface area contributed by atoms with Crippen molar-refractivity contribution >= 4 is 17.6 Å². The minimum atomic E-state index is -1.12. The molecule has 1 saturated carbocycles. The molecule has 0 spiro atoms. The molecule has 1 aromatic rings. The summed E-state index contributed by atoms with van der Waals surface area (Å²) in [5.74, 6) is -4.69. The smallest absolute Gasteiger partial charge is 0.315 e. The van der Waals surface area contributed by atoms with Crippen LogP contribution in [-0.2, 0) is 9.59 Å². The molecule has 2 unspecified atom stereocenters. The molecule has 2 rings (SSSR count). The molecular weight excluding hydrogens is 261 g/mol. The average molecular weight is 269 g/mol. The highest BCUT2D eigenvalue weighted by Crippen LogP contribution is 2.39. The van der Waals surface area contributed by atoms with Gasteiger partial charge in [0, 0.05) is 12.1 Å². The van der Waals surface area contributed by atoms with Gasteiger partial charge in [0.1, 0.15) is 5.75 Å². The highest BCUT2D eigenvalue weighted by molar-refractivity contribution is 5.87. The molecule has 0 saturated heterocycles. The van der Waals surface area contributed by atoms with Crippen molar-refractivity contribution in [3.8, 4) is 5.75 Å². The van der Waals surface area contributed by atoms with Crippen LogP contribution in [0.3, 0.4) is 0 Å². The number of carbonyl (C=O) groups is 2. The van der Waals surface area contributed by atoms with Crippen LogP contribution >= 0.6 is 0 Å². The van der Waals surface area contributed by atoms with Crippen molar-refractivity contribution in [1.82, 2.24) is 0 Å². The number of carboxylic acids is 1. The first kappa shape index (κ1) is 12.9. The Hall–Kier alpha value is -2.51. The summed E-state index contributed by atoms with van der Waals surface area (Å²) in [6.45, 7) is 0. The molecule has 7 nitrogen and oxygen atoms in total. The van der Waals surface area contributed by atoms with Gasteiger partial charge in [-0.1, -0.05) is 0 Å². The van der Waals surface area contributed by atoms with Gasteiger partial charge < -0.3 is 9.84 Å². The van der Waals surface area contributed by atoms with Crippen LogP contribution in [0.5, 0.6) is 5.75 Å². The monoisotopic (exact) mass is 269 g/mol. The molecule has 1 fully saturated rings. The fourth-order valence-electron chi connectivity index (χ4n) is 1.62. The number of rotatable bonds is 4. The molecule has 1 N–H and O–H groups in total. The molecule has 1 aliphatic rings. The van der Waals surface area contributed by atoms with Gasteiger partial charge >= 0.3 is 17.6 Å². The van der Waals surface area contributed by atoms with E-state index in [0.717, 1.165) is 12.1 Å². The molecule has 2 atom stereocenters. The molecule has 1 aromatic carbocycles. The van der Waals surface area contributed by atoms with Crippen LogP contribution in [0.15, 0.2) is 18.2 Å². The number of carbonyl (C=O) groups excluding carboxylic acids is 1. The third kappa shape index (κ3) is 2.67. The van der Waals surface area contributed by atoms with Crippen LogP contribution in [0.25, 0.3) is 0 Å². The number of hydrogen-bond donors (Lipinski definition) is 1. The number of aliphatic carboxylic acids is 1. The zero-order valence-electron chi connectivity index (χ0n) is 9.41. The Morgan fingerprint density at radius 1 is 1.42 bits per heavy atom. The van der Waals surface area contributed by atoms with Gasteiger partial charge in [-0.25, -0.2) is 0 Å². The van der Waals surface area contributed by atoms with Gasteiger partial charge in [0.2, 0.25) is 5.82 Å². The Morgan fingerprint density at radius 2 is 2.11 bits per heavy atom. The van der Waals surface area contributed by atoms with E-state index in [9.17, 15) is 24.1 Å². The molecule has 0 bridgehead atoms. The van der Waals surface area contributed by atoms with Gasteiger partial charge in [-0.05, 0) is 12.5 Å². The van der Waals surface area contributed by atoms with Crippen molar-refractivity contribution in [3.05, 3.63) is 34.1 Å². The Labute approximate surface area is 105 Å². The van der Waals surface area contributed by atoms with Gasteiger partial charge in [-0.2, -0.15) is 4.39 Å². The predicted molar refractivity (Wildman–Crippen MR) is 57.9 cm³/mol. The van der Waals surface area contributed by atoms with Crippen LogP contribution in [0.4, 0.5) is 10.1 Å². The van der Waals surface area contributed by atoms with Gasteiger partial charge in [0.15, 0.2) is 0 Å². The van der Waals surface area contributed by atoms with Gasteiger partial charge in [0.25, 0.3) is 0 Å². The van der Waals surface area contributed by atoms with E-state index in [2.05, 4.69) is 0 Å². The summed E-state index contributed by atoms with van der Waals surface area (Å²) in [5, 5.41) is 19.0. The van der Waals surface area contributed by atoms with E-state index in [0.29, 0.717) is 6.07 Å². The second-order valence-electron chi connectivity index (χ2n) is 4.08. The number of hydrogen-bond acceptors (Lipinski definition) is 5. The Bertz CT molecular complexity index is 572. The average Bonchev–Trinajstić information content (AvgIpc) is 3.08. The van der Waals surface area contributed by atoms with Crippen LogP contribution in [0, 0.1) is 27.8 Å². The summed E-state index contributed by atoms with van der Waals surface area (Å²) >= 11 is 0. The quantitative estimate of drug-likeness (QED) is 0.383. The lowest BCUT2D eigenvalue weighted by atomic mass is 10.3. The van der Waals surface area contributed by atoms with E-state index in [1.54, 1.807) is 0 Å². The minimum Gasteiger partial charge on any atom is -0.481 e.